The molecule has 2 rings (SSSR count). The van der Waals surface area contributed by atoms with Gasteiger partial charge in [0.15, 0.2) is 0 Å². The molecule has 9 nitrogen and oxygen atoms in total. The molecule has 3 amide bonds. The Labute approximate surface area is 218 Å². The first-order chi connectivity index (χ1) is 16.5. The fraction of sp³-hybridized carbons (Fsp3) is 0.478. The number of thioether (sulfide) groups is 1. The summed E-state index contributed by atoms with van der Waals surface area (Å²) in [5.74, 6) is -2.37. The second kappa shape index (κ2) is 13.6. The molecule has 1 aromatic rings. The van der Waals surface area contributed by atoms with E-state index in [0.717, 1.165) is 4.90 Å². The summed E-state index contributed by atoms with van der Waals surface area (Å²) in [5.41, 5.74) is 0.627. The Bertz CT molecular complexity index is 980. The number of carboxylic acids is 1. The van der Waals surface area contributed by atoms with Gasteiger partial charge in [-0.05, 0) is 50.7 Å². The number of nitrogens with one attached hydrogen (secondary N) is 2. The number of benzene rings is 1. The fourth-order valence-electron chi connectivity index (χ4n) is 3.39. The van der Waals surface area contributed by atoms with E-state index >= 15 is 0 Å². The third-order valence-electron chi connectivity index (χ3n) is 5.29. The molecule has 0 unspecified atom stereocenters. The highest BCUT2D eigenvalue weighted by Gasteiger charge is 2.30. The van der Waals surface area contributed by atoms with Crippen molar-refractivity contribution in [3.63, 3.8) is 0 Å². The van der Waals surface area contributed by atoms with E-state index in [-0.39, 0.29) is 18.6 Å². The summed E-state index contributed by atoms with van der Waals surface area (Å²) >= 11 is 14.0. The summed E-state index contributed by atoms with van der Waals surface area (Å²) in [4.78, 5) is 50.7. The van der Waals surface area contributed by atoms with Crippen LogP contribution < -0.4 is 10.6 Å². The maximum absolute atomic E-state index is 12.6. The molecule has 0 aromatic heterocycles. The molecule has 192 valence electrons. The van der Waals surface area contributed by atoms with Crippen molar-refractivity contribution in [2.75, 3.05) is 25.9 Å². The van der Waals surface area contributed by atoms with E-state index in [1.165, 1.54) is 17.8 Å². The monoisotopic (exact) mass is 545 g/mol. The van der Waals surface area contributed by atoms with E-state index in [1.807, 2.05) is 12.3 Å². The molecular weight excluding hydrogens is 517 g/mol. The Morgan fingerprint density at radius 3 is 2.43 bits per heavy atom. The predicted octanol–water partition coefficient (Wildman–Crippen LogP) is 3.67. The summed E-state index contributed by atoms with van der Waals surface area (Å²) in [6.07, 6.45) is 4.57. The van der Waals surface area contributed by atoms with Gasteiger partial charge in [0.05, 0.1) is 22.7 Å². The molecule has 12 heteroatoms. The number of aliphatic carboxylic acids is 1. The van der Waals surface area contributed by atoms with Crippen LogP contribution in [0.4, 0.5) is 4.79 Å². The molecule has 1 aliphatic rings. The summed E-state index contributed by atoms with van der Waals surface area (Å²) < 4.78 is 4.89. The van der Waals surface area contributed by atoms with Crippen molar-refractivity contribution in [1.29, 1.82) is 0 Å². The minimum absolute atomic E-state index is 0.221. The largest absolute Gasteiger partial charge is 0.480 e. The van der Waals surface area contributed by atoms with E-state index in [9.17, 15) is 24.3 Å². The van der Waals surface area contributed by atoms with Crippen molar-refractivity contribution in [2.24, 2.45) is 5.92 Å². The number of piperidine rings is 1. The maximum atomic E-state index is 12.6. The van der Waals surface area contributed by atoms with E-state index in [4.69, 9.17) is 27.9 Å². The first-order valence-electron chi connectivity index (χ1n) is 11.0. The zero-order valence-electron chi connectivity index (χ0n) is 19.7. The zero-order valence-corrected chi connectivity index (χ0v) is 22.0. The van der Waals surface area contributed by atoms with Crippen LogP contribution in [-0.2, 0) is 19.1 Å². The van der Waals surface area contributed by atoms with Crippen molar-refractivity contribution in [2.45, 2.75) is 43.7 Å². The standard InChI is InChI=1S/C23H29Cl2N3O6S/c1-13(2)34-23(33)26-12-16(22(31)32)27-21(30)15-8-10-28(11-9-15)18(29)7-5-14-4-6-17(35-3)20(25)19(14)24/h4-7,13,15-16H,8-12H2,1-3H3,(H,26,33)(H,27,30)(H,31,32)/t16-/m0/s1. The average Bonchev–Trinajstić information content (AvgIpc) is 2.81. The molecule has 0 aliphatic carbocycles. The van der Waals surface area contributed by atoms with Crippen LogP contribution in [-0.4, -0.2) is 71.9 Å². The van der Waals surface area contributed by atoms with Gasteiger partial charge < -0.3 is 25.4 Å². The topological polar surface area (TPSA) is 125 Å². The van der Waals surface area contributed by atoms with Gasteiger partial charge in [-0.2, -0.15) is 0 Å². The maximum Gasteiger partial charge on any atom is 0.407 e. The van der Waals surface area contributed by atoms with Crippen LogP contribution in [0.2, 0.25) is 10.0 Å². The molecule has 35 heavy (non-hydrogen) atoms. The van der Waals surface area contributed by atoms with Crippen molar-refractivity contribution in [3.05, 3.63) is 33.8 Å². The Morgan fingerprint density at radius 1 is 1.20 bits per heavy atom. The third kappa shape index (κ3) is 8.63. The van der Waals surface area contributed by atoms with Gasteiger partial charge in [0.2, 0.25) is 11.8 Å². The highest BCUT2D eigenvalue weighted by Crippen LogP contribution is 2.35. The van der Waals surface area contributed by atoms with Gasteiger partial charge in [-0.15, -0.1) is 11.8 Å². The summed E-state index contributed by atoms with van der Waals surface area (Å²) in [6, 6.07) is 2.33. The molecule has 1 aromatic carbocycles. The van der Waals surface area contributed by atoms with Crippen LogP contribution in [0.5, 0.6) is 0 Å². The first-order valence-corrected chi connectivity index (χ1v) is 13.0. The quantitative estimate of drug-likeness (QED) is 0.319. The lowest BCUT2D eigenvalue weighted by Gasteiger charge is -2.31. The van der Waals surface area contributed by atoms with E-state index in [1.54, 1.807) is 30.9 Å². The molecule has 0 spiro atoms. The van der Waals surface area contributed by atoms with Gasteiger partial charge in [-0.3, -0.25) is 9.59 Å². The van der Waals surface area contributed by atoms with Gasteiger partial charge in [-0.1, -0.05) is 29.3 Å². The molecule has 1 aliphatic heterocycles. The summed E-state index contributed by atoms with van der Waals surface area (Å²) in [6.45, 7) is 3.71. The Balaban J connectivity index is 1.87. The van der Waals surface area contributed by atoms with Crippen LogP contribution in [0, 0.1) is 5.92 Å². The van der Waals surface area contributed by atoms with Crippen molar-refractivity contribution < 1.29 is 29.0 Å². The Hall–Kier alpha value is -2.43. The Morgan fingerprint density at radius 2 is 1.86 bits per heavy atom. The normalized spacial score (nSPS) is 15.2. The number of hydrogen-bond donors (Lipinski definition) is 3. The molecule has 0 radical (unpaired) electrons. The summed E-state index contributed by atoms with van der Waals surface area (Å²) in [5, 5.41) is 15.0. The first kappa shape index (κ1) is 28.8. The van der Waals surface area contributed by atoms with Crippen LogP contribution in [0.3, 0.4) is 0 Å². The lowest BCUT2D eigenvalue weighted by molar-refractivity contribution is -0.142. The SMILES string of the molecule is CSc1ccc(C=CC(=O)N2CCC(C(=O)N[C@@H](CNC(=O)OC(C)C)C(=O)O)CC2)c(Cl)c1Cl. The van der Waals surface area contributed by atoms with Crippen molar-refractivity contribution >= 4 is 64.9 Å². The number of hydrogen-bond acceptors (Lipinski definition) is 6. The molecular formula is C23H29Cl2N3O6S. The number of rotatable bonds is 9. The number of carbonyl (C=O) groups is 4. The van der Waals surface area contributed by atoms with Gasteiger partial charge >= 0.3 is 12.1 Å². The second-order valence-electron chi connectivity index (χ2n) is 8.15. The average molecular weight is 546 g/mol. The number of carboxylic acid groups (broad SMARTS) is 1. The molecule has 0 saturated carbocycles. The van der Waals surface area contributed by atoms with Crippen LogP contribution in [0.15, 0.2) is 23.1 Å². The molecule has 3 N–H and O–H groups in total. The Kier molecular flexibility index (Phi) is 11.2. The summed E-state index contributed by atoms with van der Waals surface area (Å²) in [7, 11) is 0. The van der Waals surface area contributed by atoms with Crippen molar-refractivity contribution in [3.8, 4) is 0 Å². The third-order valence-corrected chi connectivity index (χ3v) is 7.08. The van der Waals surface area contributed by atoms with Gasteiger partial charge in [0.25, 0.3) is 0 Å². The predicted molar refractivity (Wildman–Crippen MR) is 136 cm³/mol. The van der Waals surface area contributed by atoms with Crippen LogP contribution in [0.25, 0.3) is 6.08 Å². The second-order valence-corrected chi connectivity index (χ2v) is 9.76. The smallest absolute Gasteiger partial charge is 0.407 e. The van der Waals surface area contributed by atoms with Crippen LogP contribution in [0.1, 0.15) is 32.3 Å². The number of nitrogens with zero attached hydrogens (tertiary/aromatic N) is 1. The van der Waals surface area contributed by atoms with E-state index < -0.39 is 29.9 Å². The number of alkyl carbamates (subject to hydrolysis) is 1. The number of amides is 3. The number of ether oxygens (including phenoxy) is 1. The highest BCUT2D eigenvalue weighted by atomic mass is 35.5. The number of likely N-dealkylation sites (tertiary alicyclic amines) is 1. The van der Waals surface area contributed by atoms with Crippen molar-refractivity contribution in [1.82, 2.24) is 15.5 Å². The minimum atomic E-state index is -1.29. The van der Waals surface area contributed by atoms with E-state index in [0.29, 0.717) is 41.5 Å². The number of halogens is 2. The lowest BCUT2D eigenvalue weighted by Crippen LogP contribution is -2.51. The molecule has 1 saturated heterocycles. The van der Waals surface area contributed by atoms with Crippen LogP contribution >= 0.6 is 35.0 Å². The number of carbonyl (C=O) groups excluding carboxylic acids is 3. The lowest BCUT2D eigenvalue weighted by atomic mass is 9.95. The molecule has 0 bridgehead atoms. The highest BCUT2D eigenvalue weighted by molar-refractivity contribution is 7.98. The van der Waals surface area contributed by atoms with Gasteiger partial charge in [0.1, 0.15) is 6.04 Å². The van der Waals surface area contributed by atoms with Gasteiger partial charge in [-0.25, -0.2) is 9.59 Å². The minimum Gasteiger partial charge on any atom is -0.480 e. The molecule has 1 heterocycles. The molecule has 1 fully saturated rings. The zero-order chi connectivity index (χ0) is 26.1. The van der Waals surface area contributed by atoms with E-state index in [2.05, 4.69) is 10.6 Å². The van der Waals surface area contributed by atoms with Gasteiger partial charge in [0, 0.05) is 30.0 Å². The fourth-order valence-corrected chi connectivity index (χ4v) is 4.57. The molecule has 1 atom stereocenters.